The molecule has 1 saturated heterocycles. The summed E-state index contributed by atoms with van der Waals surface area (Å²) in [5.41, 5.74) is 0.1000. The number of ether oxygens (including phenoxy) is 1. The standard InChI is InChI=1S/C15H20N2O3/c1-15(2,3)20-14(19)16-11-7-10-13(18)17(16)12-8-5-4-6-9-12/h4-6,8-9H,7,10-11H2,1-3H3. The van der Waals surface area contributed by atoms with Gasteiger partial charge in [0.25, 0.3) is 0 Å². The van der Waals surface area contributed by atoms with E-state index in [0.29, 0.717) is 25.1 Å². The molecule has 1 aromatic rings. The van der Waals surface area contributed by atoms with Crippen molar-refractivity contribution in [3.8, 4) is 0 Å². The second-order valence-electron chi connectivity index (χ2n) is 5.75. The van der Waals surface area contributed by atoms with Gasteiger partial charge in [-0.05, 0) is 39.3 Å². The molecule has 5 heteroatoms. The minimum atomic E-state index is -0.583. The summed E-state index contributed by atoms with van der Waals surface area (Å²) in [4.78, 5) is 24.4. The molecule has 2 amide bonds. The average molecular weight is 276 g/mol. The normalized spacial score (nSPS) is 16.2. The Labute approximate surface area is 119 Å². The highest BCUT2D eigenvalue weighted by Crippen LogP contribution is 2.23. The number of amides is 2. The van der Waals surface area contributed by atoms with E-state index in [0.717, 1.165) is 0 Å². The summed E-state index contributed by atoms with van der Waals surface area (Å²) in [7, 11) is 0. The molecule has 0 saturated carbocycles. The molecule has 1 aromatic carbocycles. The zero-order valence-corrected chi connectivity index (χ0v) is 12.1. The SMILES string of the molecule is CC(C)(C)OC(=O)N1CCCC(=O)N1c1ccccc1. The van der Waals surface area contributed by atoms with Gasteiger partial charge in [0.05, 0.1) is 5.69 Å². The van der Waals surface area contributed by atoms with Crippen molar-refractivity contribution in [2.75, 3.05) is 11.6 Å². The van der Waals surface area contributed by atoms with Crippen LogP contribution in [0.15, 0.2) is 30.3 Å². The molecule has 2 rings (SSSR count). The van der Waals surface area contributed by atoms with Crippen LogP contribution >= 0.6 is 0 Å². The van der Waals surface area contributed by atoms with Gasteiger partial charge in [-0.25, -0.2) is 14.8 Å². The lowest BCUT2D eigenvalue weighted by Gasteiger charge is -2.38. The van der Waals surface area contributed by atoms with Crippen LogP contribution in [0.2, 0.25) is 0 Å². The van der Waals surface area contributed by atoms with E-state index in [4.69, 9.17) is 4.74 Å². The van der Waals surface area contributed by atoms with Gasteiger partial charge in [0.15, 0.2) is 0 Å². The lowest BCUT2D eigenvalue weighted by molar-refractivity contribution is -0.123. The summed E-state index contributed by atoms with van der Waals surface area (Å²) in [6.07, 6.45) is 0.602. The fourth-order valence-electron chi connectivity index (χ4n) is 2.06. The highest BCUT2D eigenvalue weighted by molar-refractivity contribution is 5.96. The van der Waals surface area contributed by atoms with Crippen molar-refractivity contribution in [2.45, 2.75) is 39.2 Å². The van der Waals surface area contributed by atoms with Gasteiger partial charge in [0.2, 0.25) is 5.91 Å². The zero-order valence-electron chi connectivity index (χ0n) is 12.1. The van der Waals surface area contributed by atoms with Crippen LogP contribution in [0.3, 0.4) is 0 Å². The van der Waals surface area contributed by atoms with Crippen LogP contribution < -0.4 is 5.01 Å². The number of hydrazine groups is 1. The number of nitrogens with zero attached hydrogens (tertiary/aromatic N) is 2. The molecule has 20 heavy (non-hydrogen) atoms. The van der Waals surface area contributed by atoms with E-state index in [2.05, 4.69) is 0 Å². The van der Waals surface area contributed by atoms with E-state index in [1.165, 1.54) is 10.0 Å². The van der Waals surface area contributed by atoms with Crippen molar-refractivity contribution < 1.29 is 14.3 Å². The molecule has 0 aliphatic carbocycles. The molecular weight excluding hydrogens is 256 g/mol. The van der Waals surface area contributed by atoms with Gasteiger partial charge in [-0.2, -0.15) is 0 Å². The van der Waals surface area contributed by atoms with Gasteiger partial charge in [-0.3, -0.25) is 4.79 Å². The summed E-state index contributed by atoms with van der Waals surface area (Å²) >= 11 is 0. The summed E-state index contributed by atoms with van der Waals surface area (Å²) in [6.45, 7) is 5.91. The molecule has 0 unspecified atom stereocenters. The van der Waals surface area contributed by atoms with Crippen LogP contribution in [-0.4, -0.2) is 29.2 Å². The molecular formula is C15H20N2O3. The second kappa shape index (κ2) is 5.53. The van der Waals surface area contributed by atoms with E-state index in [1.807, 2.05) is 39.0 Å². The first kappa shape index (κ1) is 14.4. The lowest BCUT2D eigenvalue weighted by Crippen LogP contribution is -2.54. The highest BCUT2D eigenvalue weighted by atomic mass is 16.6. The largest absolute Gasteiger partial charge is 0.442 e. The van der Waals surface area contributed by atoms with Crippen LogP contribution in [0.1, 0.15) is 33.6 Å². The third kappa shape index (κ3) is 3.29. The van der Waals surface area contributed by atoms with Crippen LogP contribution in [0.25, 0.3) is 0 Å². The first-order valence-corrected chi connectivity index (χ1v) is 6.77. The molecule has 5 nitrogen and oxygen atoms in total. The minimum Gasteiger partial charge on any atom is -0.442 e. The van der Waals surface area contributed by atoms with Crippen LogP contribution in [0, 0.1) is 0 Å². The van der Waals surface area contributed by atoms with E-state index >= 15 is 0 Å². The first-order chi connectivity index (χ1) is 9.38. The van der Waals surface area contributed by atoms with Crippen molar-refractivity contribution >= 4 is 17.7 Å². The van der Waals surface area contributed by atoms with Crippen molar-refractivity contribution in [3.05, 3.63) is 30.3 Å². The van der Waals surface area contributed by atoms with Gasteiger partial charge in [0.1, 0.15) is 5.60 Å². The Balaban J connectivity index is 2.25. The van der Waals surface area contributed by atoms with E-state index in [9.17, 15) is 9.59 Å². The predicted molar refractivity (Wildman–Crippen MR) is 76.1 cm³/mol. The monoisotopic (exact) mass is 276 g/mol. The molecule has 0 atom stereocenters. The summed E-state index contributed by atoms with van der Waals surface area (Å²) in [5.74, 6) is -0.0895. The minimum absolute atomic E-state index is 0.0895. The zero-order chi connectivity index (χ0) is 14.8. The molecule has 0 bridgehead atoms. The third-order valence-corrected chi connectivity index (χ3v) is 2.84. The maximum atomic E-state index is 12.3. The number of anilines is 1. The van der Waals surface area contributed by atoms with Crippen LogP contribution in [0.4, 0.5) is 10.5 Å². The summed E-state index contributed by atoms with van der Waals surface area (Å²) < 4.78 is 5.37. The van der Waals surface area contributed by atoms with Gasteiger partial charge >= 0.3 is 6.09 Å². The predicted octanol–water partition coefficient (Wildman–Crippen LogP) is 2.97. The number of para-hydroxylation sites is 1. The number of rotatable bonds is 1. The van der Waals surface area contributed by atoms with E-state index in [-0.39, 0.29) is 5.91 Å². The highest BCUT2D eigenvalue weighted by Gasteiger charge is 2.33. The molecule has 0 N–H and O–H groups in total. The van der Waals surface area contributed by atoms with Crippen molar-refractivity contribution in [3.63, 3.8) is 0 Å². The topological polar surface area (TPSA) is 49.9 Å². The Bertz CT molecular complexity index is 494. The van der Waals surface area contributed by atoms with Crippen LogP contribution in [0.5, 0.6) is 0 Å². The third-order valence-electron chi connectivity index (χ3n) is 2.84. The molecule has 0 aromatic heterocycles. The fourth-order valence-corrected chi connectivity index (χ4v) is 2.06. The fraction of sp³-hybridized carbons (Fsp3) is 0.467. The summed E-state index contributed by atoms with van der Waals surface area (Å²) in [6, 6.07) is 9.16. The molecule has 108 valence electrons. The quantitative estimate of drug-likeness (QED) is 0.792. The molecule has 0 radical (unpaired) electrons. The molecule has 1 fully saturated rings. The maximum absolute atomic E-state index is 12.3. The molecule has 0 spiro atoms. The average Bonchev–Trinajstić information content (AvgIpc) is 2.37. The Kier molecular flexibility index (Phi) is 3.97. The number of carbonyl (C=O) groups excluding carboxylic acids is 2. The molecule has 1 aliphatic rings. The Morgan fingerprint density at radius 3 is 2.45 bits per heavy atom. The second-order valence-corrected chi connectivity index (χ2v) is 5.75. The number of hydrogen-bond acceptors (Lipinski definition) is 3. The smallest absolute Gasteiger partial charge is 0.429 e. The van der Waals surface area contributed by atoms with Gasteiger partial charge < -0.3 is 4.74 Å². The van der Waals surface area contributed by atoms with Gasteiger partial charge in [0, 0.05) is 13.0 Å². The number of benzene rings is 1. The Morgan fingerprint density at radius 1 is 1.20 bits per heavy atom. The Hall–Kier alpha value is -2.04. The number of hydrogen-bond donors (Lipinski definition) is 0. The van der Waals surface area contributed by atoms with Crippen molar-refractivity contribution in [2.24, 2.45) is 0 Å². The number of carbonyl (C=O) groups is 2. The maximum Gasteiger partial charge on any atom is 0.429 e. The Morgan fingerprint density at radius 2 is 1.85 bits per heavy atom. The van der Waals surface area contributed by atoms with Crippen LogP contribution in [-0.2, 0) is 9.53 Å². The van der Waals surface area contributed by atoms with Crippen molar-refractivity contribution in [1.82, 2.24) is 5.01 Å². The van der Waals surface area contributed by atoms with Gasteiger partial charge in [-0.15, -0.1) is 0 Å². The van der Waals surface area contributed by atoms with E-state index in [1.54, 1.807) is 12.1 Å². The van der Waals surface area contributed by atoms with Crippen molar-refractivity contribution in [1.29, 1.82) is 0 Å². The lowest BCUT2D eigenvalue weighted by atomic mass is 10.2. The van der Waals surface area contributed by atoms with Gasteiger partial charge in [-0.1, -0.05) is 18.2 Å². The first-order valence-electron chi connectivity index (χ1n) is 6.77. The summed E-state index contributed by atoms with van der Waals surface area (Å²) in [5, 5.41) is 2.80. The molecule has 1 heterocycles. The molecule has 1 aliphatic heterocycles. The van der Waals surface area contributed by atoms with E-state index < -0.39 is 11.7 Å².